The highest BCUT2D eigenvalue weighted by Crippen LogP contribution is 2.24. The molecule has 1 saturated heterocycles. The number of aliphatic hydroxyl groups is 1. The molecule has 1 aliphatic carbocycles. The maximum atomic E-state index is 12.3. The molecule has 1 aliphatic heterocycles. The molecule has 2 N–H and O–H groups in total. The average molecular weight is 282 g/mol. The van der Waals surface area contributed by atoms with Crippen LogP contribution >= 0.6 is 0 Å². The van der Waals surface area contributed by atoms with Crippen LogP contribution in [0.3, 0.4) is 0 Å². The van der Waals surface area contributed by atoms with Crippen molar-refractivity contribution in [2.75, 3.05) is 19.6 Å². The highest BCUT2D eigenvalue weighted by Gasteiger charge is 2.25. The van der Waals surface area contributed by atoms with Gasteiger partial charge in [-0.2, -0.15) is 0 Å². The molecular weight excluding hydrogens is 252 g/mol. The first-order chi connectivity index (χ1) is 9.66. The van der Waals surface area contributed by atoms with Crippen molar-refractivity contribution in [3.05, 3.63) is 0 Å². The molecule has 3 unspecified atom stereocenters. The van der Waals surface area contributed by atoms with Crippen LogP contribution in [0.25, 0.3) is 0 Å². The number of likely N-dealkylation sites (tertiary alicyclic amines) is 1. The minimum atomic E-state index is -0.143. The lowest BCUT2D eigenvalue weighted by Gasteiger charge is -2.24. The van der Waals surface area contributed by atoms with Crippen LogP contribution in [0.1, 0.15) is 58.3 Å². The lowest BCUT2D eigenvalue weighted by Crippen LogP contribution is -2.39. The molecule has 0 bridgehead atoms. The van der Waals surface area contributed by atoms with E-state index >= 15 is 0 Å². The molecule has 3 atom stereocenters. The van der Waals surface area contributed by atoms with E-state index in [1.807, 2.05) is 4.90 Å². The van der Waals surface area contributed by atoms with Gasteiger partial charge in [0, 0.05) is 32.1 Å². The quantitative estimate of drug-likeness (QED) is 0.810. The molecule has 4 heteroatoms. The Labute approximate surface area is 122 Å². The van der Waals surface area contributed by atoms with Crippen molar-refractivity contribution in [1.29, 1.82) is 0 Å². The zero-order valence-corrected chi connectivity index (χ0v) is 12.8. The summed E-state index contributed by atoms with van der Waals surface area (Å²) in [5, 5.41) is 13.2. The van der Waals surface area contributed by atoms with Gasteiger partial charge in [0.05, 0.1) is 6.10 Å². The number of rotatable bonds is 5. The number of hydrogen-bond acceptors (Lipinski definition) is 3. The van der Waals surface area contributed by atoms with Crippen molar-refractivity contribution in [2.24, 2.45) is 5.92 Å². The van der Waals surface area contributed by atoms with E-state index in [4.69, 9.17) is 0 Å². The summed E-state index contributed by atoms with van der Waals surface area (Å²) in [6, 6.07) is 0.207. The molecule has 0 aromatic carbocycles. The van der Waals surface area contributed by atoms with Crippen molar-refractivity contribution in [1.82, 2.24) is 10.2 Å². The molecule has 1 amide bonds. The van der Waals surface area contributed by atoms with E-state index < -0.39 is 0 Å². The van der Waals surface area contributed by atoms with Crippen molar-refractivity contribution >= 4 is 5.91 Å². The van der Waals surface area contributed by atoms with Gasteiger partial charge in [0.25, 0.3) is 0 Å². The number of hydrogen-bond donors (Lipinski definition) is 2. The second kappa shape index (κ2) is 7.99. The third kappa shape index (κ3) is 4.74. The van der Waals surface area contributed by atoms with Gasteiger partial charge in [-0.05, 0) is 38.5 Å². The Balaban J connectivity index is 1.67. The summed E-state index contributed by atoms with van der Waals surface area (Å²) in [5.74, 6) is 0.671. The summed E-state index contributed by atoms with van der Waals surface area (Å²) in [6.45, 7) is 4.80. The average Bonchev–Trinajstić information content (AvgIpc) is 2.68. The van der Waals surface area contributed by atoms with Crippen LogP contribution in [-0.2, 0) is 4.79 Å². The lowest BCUT2D eigenvalue weighted by molar-refractivity contribution is -0.131. The molecule has 1 heterocycles. The highest BCUT2D eigenvalue weighted by atomic mass is 16.3. The molecule has 2 fully saturated rings. The normalized spacial score (nSPS) is 29.2. The van der Waals surface area contributed by atoms with Crippen LogP contribution in [0.5, 0.6) is 0 Å². The van der Waals surface area contributed by atoms with Crippen LogP contribution < -0.4 is 5.32 Å². The summed E-state index contributed by atoms with van der Waals surface area (Å²) in [4.78, 5) is 14.3. The van der Waals surface area contributed by atoms with Gasteiger partial charge in [0.2, 0.25) is 5.91 Å². The standard InChI is InChI=1S/C16H30N2O2/c1-13(17-12-14-7-6-8-15(14)19)11-16(20)18-9-4-2-3-5-10-18/h13-15,17,19H,2-12H2,1H3. The van der Waals surface area contributed by atoms with Crippen molar-refractivity contribution < 1.29 is 9.90 Å². The first kappa shape index (κ1) is 15.8. The summed E-state index contributed by atoms with van der Waals surface area (Å²) in [7, 11) is 0. The molecule has 0 radical (unpaired) electrons. The number of amides is 1. The predicted octanol–water partition coefficient (Wildman–Crippen LogP) is 1.92. The molecule has 0 aromatic heterocycles. The van der Waals surface area contributed by atoms with E-state index in [2.05, 4.69) is 12.2 Å². The first-order valence-corrected chi connectivity index (χ1v) is 8.36. The monoisotopic (exact) mass is 282 g/mol. The van der Waals surface area contributed by atoms with Gasteiger partial charge in [-0.25, -0.2) is 0 Å². The van der Waals surface area contributed by atoms with Gasteiger partial charge >= 0.3 is 0 Å². The van der Waals surface area contributed by atoms with Crippen LogP contribution in [0.2, 0.25) is 0 Å². The minimum absolute atomic E-state index is 0.143. The predicted molar refractivity (Wildman–Crippen MR) is 80.5 cm³/mol. The van der Waals surface area contributed by atoms with Gasteiger partial charge in [-0.1, -0.05) is 19.3 Å². The molecule has 1 saturated carbocycles. The van der Waals surface area contributed by atoms with Crippen LogP contribution in [-0.4, -0.2) is 47.7 Å². The second-order valence-corrected chi connectivity index (χ2v) is 6.57. The smallest absolute Gasteiger partial charge is 0.224 e. The molecular formula is C16H30N2O2. The number of carbonyl (C=O) groups excluding carboxylic acids is 1. The van der Waals surface area contributed by atoms with E-state index in [0.717, 1.165) is 51.7 Å². The van der Waals surface area contributed by atoms with E-state index in [1.54, 1.807) is 0 Å². The van der Waals surface area contributed by atoms with E-state index in [0.29, 0.717) is 18.2 Å². The van der Waals surface area contributed by atoms with Crippen LogP contribution in [0.4, 0.5) is 0 Å². The maximum absolute atomic E-state index is 12.3. The third-order valence-electron chi connectivity index (χ3n) is 4.79. The van der Waals surface area contributed by atoms with Crippen LogP contribution in [0.15, 0.2) is 0 Å². The van der Waals surface area contributed by atoms with Gasteiger partial charge in [0.15, 0.2) is 0 Å². The Morgan fingerprint density at radius 3 is 2.50 bits per heavy atom. The Bertz CT molecular complexity index is 301. The van der Waals surface area contributed by atoms with Crippen molar-refractivity contribution in [3.63, 3.8) is 0 Å². The molecule has 20 heavy (non-hydrogen) atoms. The fourth-order valence-corrected chi connectivity index (χ4v) is 3.39. The molecule has 0 aromatic rings. The molecule has 4 nitrogen and oxygen atoms in total. The Kier molecular flexibility index (Phi) is 6.30. The minimum Gasteiger partial charge on any atom is -0.393 e. The molecule has 2 rings (SSSR count). The van der Waals surface area contributed by atoms with Gasteiger partial charge in [0.1, 0.15) is 0 Å². The largest absolute Gasteiger partial charge is 0.393 e. The van der Waals surface area contributed by atoms with E-state index in [1.165, 1.54) is 12.8 Å². The van der Waals surface area contributed by atoms with Gasteiger partial charge in [-0.3, -0.25) is 4.79 Å². The molecule has 0 spiro atoms. The Hall–Kier alpha value is -0.610. The SMILES string of the molecule is CC(CC(=O)N1CCCCCC1)NCC1CCCC1O. The van der Waals surface area contributed by atoms with Crippen molar-refractivity contribution in [2.45, 2.75) is 70.4 Å². The summed E-state index contributed by atoms with van der Waals surface area (Å²) in [6.07, 6.45) is 8.46. The van der Waals surface area contributed by atoms with Gasteiger partial charge in [-0.15, -0.1) is 0 Å². The van der Waals surface area contributed by atoms with E-state index in [9.17, 15) is 9.90 Å². The molecule has 2 aliphatic rings. The number of nitrogens with one attached hydrogen (secondary N) is 1. The highest BCUT2D eigenvalue weighted by molar-refractivity contribution is 5.76. The lowest BCUT2D eigenvalue weighted by atomic mass is 10.1. The third-order valence-corrected chi connectivity index (χ3v) is 4.79. The van der Waals surface area contributed by atoms with E-state index in [-0.39, 0.29) is 12.1 Å². The number of aliphatic hydroxyl groups excluding tert-OH is 1. The summed E-state index contributed by atoms with van der Waals surface area (Å²) >= 11 is 0. The first-order valence-electron chi connectivity index (χ1n) is 8.36. The number of carbonyl (C=O) groups is 1. The Morgan fingerprint density at radius 1 is 1.20 bits per heavy atom. The summed E-state index contributed by atoms with van der Waals surface area (Å²) < 4.78 is 0. The fraction of sp³-hybridized carbons (Fsp3) is 0.938. The number of nitrogens with zero attached hydrogens (tertiary/aromatic N) is 1. The van der Waals surface area contributed by atoms with Crippen LogP contribution in [0, 0.1) is 5.92 Å². The zero-order valence-electron chi connectivity index (χ0n) is 12.8. The second-order valence-electron chi connectivity index (χ2n) is 6.57. The van der Waals surface area contributed by atoms with Crippen molar-refractivity contribution in [3.8, 4) is 0 Å². The fourth-order valence-electron chi connectivity index (χ4n) is 3.39. The maximum Gasteiger partial charge on any atom is 0.224 e. The summed E-state index contributed by atoms with van der Waals surface area (Å²) in [5.41, 5.74) is 0. The zero-order chi connectivity index (χ0) is 14.4. The Morgan fingerprint density at radius 2 is 1.90 bits per heavy atom. The topological polar surface area (TPSA) is 52.6 Å². The van der Waals surface area contributed by atoms with Gasteiger partial charge < -0.3 is 15.3 Å². The molecule has 116 valence electrons.